The van der Waals surface area contributed by atoms with E-state index in [-0.39, 0.29) is 6.71 Å². The van der Waals surface area contributed by atoms with Crippen LogP contribution >= 0.6 is 0 Å². The summed E-state index contributed by atoms with van der Waals surface area (Å²) in [6.45, 7) is 14.0. The van der Waals surface area contributed by atoms with Crippen molar-refractivity contribution in [2.75, 3.05) is 4.90 Å². The molecule has 2 aliphatic rings. The predicted molar refractivity (Wildman–Crippen MR) is 223 cm³/mol. The second kappa shape index (κ2) is 13.0. The van der Waals surface area contributed by atoms with Crippen molar-refractivity contribution < 1.29 is 0 Å². The molecule has 0 saturated heterocycles. The maximum atomic E-state index is 5.23. The van der Waals surface area contributed by atoms with Crippen LogP contribution in [0, 0.1) is 0 Å². The van der Waals surface area contributed by atoms with Crippen molar-refractivity contribution in [3.63, 3.8) is 0 Å². The molecule has 1 aromatic heterocycles. The fraction of sp³-hybridized carbons (Fsp3) is 0.188. The lowest BCUT2D eigenvalue weighted by Crippen LogP contribution is -2.56. The molecule has 0 N–H and O–H groups in total. The van der Waals surface area contributed by atoms with E-state index in [1.165, 1.54) is 61.3 Å². The lowest BCUT2D eigenvalue weighted by atomic mass is 9.36. The maximum absolute atomic E-state index is 5.23. The van der Waals surface area contributed by atoms with Crippen molar-refractivity contribution in [3.05, 3.63) is 150 Å². The van der Waals surface area contributed by atoms with Crippen LogP contribution in [0.15, 0.2) is 133 Å². The second-order valence-electron chi connectivity index (χ2n) is 15.4. The van der Waals surface area contributed by atoms with E-state index in [0.717, 1.165) is 16.7 Å². The highest BCUT2D eigenvalue weighted by molar-refractivity contribution is 7.01. The molecule has 5 heteroatoms. The Labute approximate surface area is 313 Å². The molecular formula is C48H43BN4. The fourth-order valence-electron chi connectivity index (χ4n) is 8.60. The number of fused-ring (bicyclic) bond motifs is 5. The summed E-state index contributed by atoms with van der Waals surface area (Å²) in [6.07, 6.45) is 0. The minimum Gasteiger partial charge on any atom is -0.311 e. The predicted octanol–water partition coefficient (Wildman–Crippen LogP) is 10.5. The molecule has 3 heterocycles. The number of anilines is 3. The molecule has 9 rings (SSSR count). The van der Waals surface area contributed by atoms with E-state index >= 15 is 0 Å². The lowest BCUT2D eigenvalue weighted by Gasteiger charge is -2.40. The third-order valence-corrected chi connectivity index (χ3v) is 11.0. The van der Waals surface area contributed by atoms with Crippen molar-refractivity contribution in [2.24, 2.45) is 0 Å². The standard InChI is InChI=1S/C48H43BN4/c1-29(2)35-21-13-14-26-41(35)53-42-28-34(48-51-46(32-17-9-7-10-18-32)50-47(52-48)33-19-11-8-12-20-33)27-39-38-24-15-22-36(30(3)4)43(38)49(44(39)42)40-25-16-23-37(31(5)6)45(40)53/h7-31H,1-6H3. The molecule has 0 bridgehead atoms. The molecule has 0 atom stereocenters. The van der Waals surface area contributed by atoms with Gasteiger partial charge in [-0.15, -0.1) is 0 Å². The van der Waals surface area contributed by atoms with Gasteiger partial charge < -0.3 is 4.90 Å². The third kappa shape index (κ3) is 5.41. The molecule has 7 aromatic rings. The summed E-state index contributed by atoms with van der Waals surface area (Å²) in [4.78, 5) is 18.1. The summed E-state index contributed by atoms with van der Waals surface area (Å²) in [5.74, 6) is 3.04. The molecule has 258 valence electrons. The lowest BCUT2D eigenvalue weighted by molar-refractivity contribution is 0.855. The van der Waals surface area contributed by atoms with E-state index in [1.807, 2.05) is 36.4 Å². The molecule has 0 radical (unpaired) electrons. The molecule has 0 aliphatic carbocycles. The van der Waals surface area contributed by atoms with Crippen LogP contribution in [0.3, 0.4) is 0 Å². The van der Waals surface area contributed by atoms with Crippen LogP contribution in [-0.2, 0) is 0 Å². The Balaban J connectivity index is 1.40. The van der Waals surface area contributed by atoms with Gasteiger partial charge in [-0.1, -0.05) is 162 Å². The number of rotatable bonds is 7. The van der Waals surface area contributed by atoms with E-state index in [0.29, 0.717) is 35.2 Å². The molecule has 0 fully saturated rings. The van der Waals surface area contributed by atoms with Crippen LogP contribution in [-0.4, -0.2) is 21.7 Å². The Hall–Kier alpha value is -5.81. The number of hydrogen-bond donors (Lipinski definition) is 0. The summed E-state index contributed by atoms with van der Waals surface area (Å²) in [5, 5.41) is 0. The van der Waals surface area contributed by atoms with Crippen molar-refractivity contribution >= 4 is 40.2 Å². The SMILES string of the molecule is CC(C)c1ccccc1N1c2cc(-c3nc(-c4ccccc4)nc(-c4ccccc4)n3)cc3c2B(c2cccc(C(C)C)c21)c1c-3cccc1C(C)C. The van der Waals surface area contributed by atoms with E-state index in [2.05, 4.69) is 144 Å². The van der Waals surface area contributed by atoms with Crippen LogP contribution in [0.1, 0.15) is 76.0 Å². The highest BCUT2D eigenvalue weighted by atomic mass is 15.2. The minimum absolute atomic E-state index is 0.122. The number of benzene rings is 6. The van der Waals surface area contributed by atoms with Gasteiger partial charge in [0.05, 0.1) is 0 Å². The summed E-state index contributed by atoms with van der Waals surface area (Å²) in [6, 6.07) is 48.1. The second-order valence-corrected chi connectivity index (χ2v) is 15.4. The first kappa shape index (κ1) is 33.1. The highest BCUT2D eigenvalue weighted by Crippen LogP contribution is 2.47. The Morgan fingerprint density at radius 3 is 1.58 bits per heavy atom. The Kier molecular flexibility index (Phi) is 8.11. The van der Waals surface area contributed by atoms with Crippen LogP contribution in [0.2, 0.25) is 0 Å². The van der Waals surface area contributed by atoms with Gasteiger partial charge in [0.2, 0.25) is 6.71 Å². The first-order chi connectivity index (χ1) is 25.8. The van der Waals surface area contributed by atoms with Crippen molar-refractivity contribution in [1.29, 1.82) is 0 Å². The monoisotopic (exact) mass is 686 g/mol. The van der Waals surface area contributed by atoms with Gasteiger partial charge >= 0.3 is 0 Å². The molecule has 4 nitrogen and oxygen atoms in total. The van der Waals surface area contributed by atoms with Crippen molar-refractivity contribution in [2.45, 2.75) is 59.3 Å². The number of hydrogen-bond acceptors (Lipinski definition) is 4. The summed E-state index contributed by atoms with van der Waals surface area (Å²) in [7, 11) is 0. The smallest absolute Gasteiger partial charge is 0.248 e. The Morgan fingerprint density at radius 2 is 0.962 bits per heavy atom. The quantitative estimate of drug-likeness (QED) is 0.157. The largest absolute Gasteiger partial charge is 0.311 e. The molecule has 0 unspecified atom stereocenters. The normalized spacial score (nSPS) is 12.8. The summed E-state index contributed by atoms with van der Waals surface area (Å²) < 4.78 is 0. The van der Waals surface area contributed by atoms with Crippen molar-refractivity contribution in [3.8, 4) is 45.3 Å². The van der Waals surface area contributed by atoms with E-state index < -0.39 is 0 Å². The minimum atomic E-state index is 0.122. The van der Waals surface area contributed by atoms with Gasteiger partial charge in [-0.2, -0.15) is 0 Å². The van der Waals surface area contributed by atoms with Gasteiger partial charge in [0, 0.05) is 33.8 Å². The number of para-hydroxylation sites is 2. The first-order valence-electron chi connectivity index (χ1n) is 19.0. The maximum Gasteiger partial charge on any atom is 0.248 e. The zero-order valence-corrected chi connectivity index (χ0v) is 31.3. The molecule has 0 saturated carbocycles. The van der Waals surface area contributed by atoms with Gasteiger partial charge in [-0.3, -0.25) is 0 Å². The first-order valence-corrected chi connectivity index (χ1v) is 19.0. The topological polar surface area (TPSA) is 41.9 Å². The van der Waals surface area contributed by atoms with Crippen LogP contribution in [0.4, 0.5) is 17.1 Å². The van der Waals surface area contributed by atoms with Gasteiger partial charge in [-0.05, 0) is 74.7 Å². The van der Waals surface area contributed by atoms with Crippen LogP contribution < -0.4 is 21.3 Å². The molecular weight excluding hydrogens is 643 g/mol. The van der Waals surface area contributed by atoms with E-state index in [4.69, 9.17) is 15.0 Å². The number of aromatic nitrogens is 3. The van der Waals surface area contributed by atoms with E-state index in [1.54, 1.807) is 0 Å². The van der Waals surface area contributed by atoms with Gasteiger partial charge in [0.15, 0.2) is 17.5 Å². The van der Waals surface area contributed by atoms with E-state index in [9.17, 15) is 0 Å². The molecule has 0 spiro atoms. The molecule has 6 aromatic carbocycles. The zero-order valence-electron chi connectivity index (χ0n) is 31.3. The average Bonchev–Trinajstić information content (AvgIpc) is 3.53. The van der Waals surface area contributed by atoms with Gasteiger partial charge in [0.25, 0.3) is 0 Å². The summed E-state index contributed by atoms with van der Waals surface area (Å²) >= 11 is 0. The van der Waals surface area contributed by atoms with Crippen molar-refractivity contribution in [1.82, 2.24) is 15.0 Å². The number of nitrogens with zero attached hydrogens (tertiary/aromatic N) is 4. The molecule has 53 heavy (non-hydrogen) atoms. The van der Waals surface area contributed by atoms with Gasteiger partial charge in [0.1, 0.15) is 0 Å². The summed E-state index contributed by atoms with van der Waals surface area (Å²) in [5.41, 5.74) is 17.5. The third-order valence-electron chi connectivity index (χ3n) is 11.0. The fourth-order valence-corrected chi connectivity index (χ4v) is 8.60. The Bertz CT molecular complexity index is 2450. The average molecular weight is 687 g/mol. The Morgan fingerprint density at radius 1 is 0.434 bits per heavy atom. The van der Waals surface area contributed by atoms with Crippen LogP contribution in [0.5, 0.6) is 0 Å². The molecule has 2 aliphatic heterocycles. The molecule has 0 amide bonds. The highest BCUT2D eigenvalue weighted by Gasteiger charge is 2.45. The van der Waals surface area contributed by atoms with Gasteiger partial charge in [-0.25, -0.2) is 15.0 Å². The van der Waals surface area contributed by atoms with Crippen LogP contribution in [0.25, 0.3) is 45.3 Å². The zero-order chi connectivity index (χ0) is 36.4.